The molecule has 0 saturated heterocycles. The smallest absolute Gasteiger partial charge is 0.0624 e. The van der Waals surface area contributed by atoms with Gasteiger partial charge in [0.1, 0.15) is 0 Å². The average Bonchev–Trinajstić information content (AvgIpc) is 2.46. The fourth-order valence-corrected chi connectivity index (χ4v) is 2.93. The molecule has 0 heterocycles. The van der Waals surface area contributed by atoms with Crippen molar-refractivity contribution in [3.63, 3.8) is 0 Å². The Labute approximate surface area is 110 Å². The van der Waals surface area contributed by atoms with Crippen LogP contribution in [0.5, 0.6) is 0 Å². The summed E-state index contributed by atoms with van der Waals surface area (Å²) < 4.78 is 23.6. The van der Waals surface area contributed by atoms with Crippen molar-refractivity contribution in [3.05, 3.63) is 60.7 Å². The molecule has 2 rings (SSSR count). The Kier molecular flexibility index (Phi) is 4.46. The van der Waals surface area contributed by atoms with Crippen molar-refractivity contribution >= 4 is 30.8 Å². The maximum atomic E-state index is 11.8. The summed E-state index contributed by atoms with van der Waals surface area (Å²) in [5, 5.41) is 5.04. The fraction of sp³-hybridized carbons (Fsp3) is 0. The zero-order valence-electron chi connectivity index (χ0n) is 9.41. The molecule has 0 aliphatic heterocycles. The number of rotatable bonds is 2. The molecule has 0 bridgehead atoms. The minimum absolute atomic E-state index is 0.620. The van der Waals surface area contributed by atoms with Crippen molar-refractivity contribution in [2.45, 2.75) is 9.79 Å². The lowest BCUT2D eigenvalue weighted by atomic mass is 10.4. The van der Waals surface area contributed by atoms with Crippen molar-refractivity contribution in [1.82, 2.24) is 0 Å². The standard InChI is InChI=1S/C14H10O2S2/c15-17(13-7-3-1-4-8-13)11-12-18(16)14-9-5-2-6-10-14/h1-10H/q-2. The second-order valence-electron chi connectivity index (χ2n) is 3.37. The molecule has 4 heteroatoms. The lowest BCUT2D eigenvalue weighted by molar-refractivity contribution is 0.602. The van der Waals surface area contributed by atoms with E-state index in [1.165, 1.54) is 0 Å². The van der Waals surface area contributed by atoms with Gasteiger partial charge in [0.15, 0.2) is 0 Å². The number of hydrogen-bond acceptors (Lipinski definition) is 4. The van der Waals surface area contributed by atoms with Gasteiger partial charge in [-0.15, -0.1) is 9.79 Å². The van der Waals surface area contributed by atoms with Crippen LogP contribution in [0.15, 0.2) is 70.5 Å². The third kappa shape index (κ3) is 3.39. The summed E-state index contributed by atoms with van der Waals surface area (Å²) in [6.07, 6.45) is 0. The van der Waals surface area contributed by atoms with Crippen LogP contribution in [-0.2, 0) is 29.2 Å². The van der Waals surface area contributed by atoms with E-state index in [9.17, 15) is 8.42 Å². The maximum Gasteiger partial charge on any atom is -0.0624 e. The maximum absolute atomic E-state index is 11.8. The molecule has 0 unspecified atom stereocenters. The Bertz CT molecular complexity index is 660. The Morgan fingerprint density at radius 3 is 1.28 bits per heavy atom. The molecule has 0 aromatic heterocycles. The first-order valence-corrected chi connectivity index (χ1v) is 7.52. The Hall–Kier alpha value is -1.70. The van der Waals surface area contributed by atoms with Gasteiger partial charge in [0.25, 0.3) is 0 Å². The van der Waals surface area contributed by atoms with E-state index in [0.717, 1.165) is 0 Å². The Morgan fingerprint density at radius 1 is 0.611 bits per heavy atom. The SMILES string of the molecule is O=[S-](=C=C=[S-](=O)c1ccccc1)c1ccccc1. The molecular formula is C14H10O2S2-2. The van der Waals surface area contributed by atoms with E-state index in [-0.39, 0.29) is 0 Å². The van der Waals surface area contributed by atoms with E-state index in [2.05, 4.69) is 10.0 Å². The average molecular weight is 274 g/mol. The largest absolute Gasteiger partial charge is 0.449 e. The van der Waals surface area contributed by atoms with Crippen LogP contribution in [-0.4, -0.2) is 10.0 Å². The van der Waals surface area contributed by atoms with Crippen LogP contribution in [0.2, 0.25) is 0 Å². The summed E-state index contributed by atoms with van der Waals surface area (Å²) in [5.74, 6) is 0. The zero-order valence-corrected chi connectivity index (χ0v) is 11.0. The monoisotopic (exact) mass is 274 g/mol. The molecule has 0 spiro atoms. The molecule has 2 aromatic carbocycles. The zero-order chi connectivity index (χ0) is 12.8. The van der Waals surface area contributed by atoms with Gasteiger partial charge in [0.2, 0.25) is 0 Å². The van der Waals surface area contributed by atoms with Crippen LogP contribution in [0.3, 0.4) is 0 Å². The Morgan fingerprint density at radius 2 is 0.944 bits per heavy atom. The first-order valence-electron chi connectivity index (χ1n) is 5.22. The highest BCUT2D eigenvalue weighted by molar-refractivity contribution is 7.87. The van der Waals surface area contributed by atoms with E-state index < -0.39 is 20.8 Å². The minimum atomic E-state index is -1.43. The van der Waals surface area contributed by atoms with Crippen molar-refractivity contribution in [3.8, 4) is 0 Å². The van der Waals surface area contributed by atoms with Crippen LogP contribution >= 0.6 is 0 Å². The second-order valence-corrected chi connectivity index (χ2v) is 5.79. The first-order chi connectivity index (χ1) is 8.77. The molecule has 0 aliphatic rings. The van der Waals surface area contributed by atoms with E-state index in [0.29, 0.717) is 9.79 Å². The van der Waals surface area contributed by atoms with Gasteiger partial charge in [-0.1, -0.05) is 60.7 Å². The highest BCUT2D eigenvalue weighted by atomic mass is 32.2. The van der Waals surface area contributed by atoms with E-state index >= 15 is 0 Å². The molecular weight excluding hydrogens is 264 g/mol. The van der Waals surface area contributed by atoms with E-state index in [1.807, 2.05) is 12.1 Å². The summed E-state index contributed by atoms with van der Waals surface area (Å²) in [6.45, 7) is 0. The van der Waals surface area contributed by atoms with Gasteiger partial charge in [0, 0.05) is 0 Å². The lowest BCUT2D eigenvalue weighted by Gasteiger charge is -2.01. The summed E-state index contributed by atoms with van der Waals surface area (Å²) in [4.78, 5) is 1.24. The van der Waals surface area contributed by atoms with Crippen LogP contribution < -0.4 is 0 Å². The van der Waals surface area contributed by atoms with Crippen molar-refractivity contribution < 1.29 is 8.42 Å². The van der Waals surface area contributed by atoms with Gasteiger partial charge in [0.05, 0.1) is 0 Å². The summed E-state index contributed by atoms with van der Waals surface area (Å²) in [5.41, 5.74) is 0. The molecule has 2 aromatic rings. The van der Waals surface area contributed by atoms with Gasteiger partial charge in [-0.2, -0.15) is 20.8 Å². The first kappa shape index (κ1) is 12.7. The molecule has 0 fully saturated rings. The molecule has 0 radical (unpaired) electrons. The van der Waals surface area contributed by atoms with Gasteiger partial charge >= 0.3 is 0 Å². The lowest BCUT2D eigenvalue weighted by Crippen LogP contribution is -1.81. The van der Waals surface area contributed by atoms with Crippen molar-refractivity contribution in [2.24, 2.45) is 0 Å². The molecule has 0 aliphatic carbocycles. The number of hydrogen-bond donors (Lipinski definition) is 0. The number of benzene rings is 2. The van der Waals surface area contributed by atoms with Gasteiger partial charge in [-0.3, -0.25) is 0 Å². The molecule has 18 heavy (non-hydrogen) atoms. The normalized spacial score (nSPS) is 10.1. The van der Waals surface area contributed by atoms with Crippen LogP contribution in [0, 0.1) is 0 Å². The molecule has 92 valence electrons. The predicted molar refractivity (Wildman–Crippen MR) is 75.5 cm³/mol. The van der Waals surface area contributed by atoms with Crippen LogP contribution in [0.25, 0.3) is 0 Å². The Balaban J connectivity index is 2.47. The quantitative estimate of drug-likeness (QED) is 0.622. The van der Waals surface area contributed by atoms with Crippen molar-refractivity contribution in [2.75, 3.05) is 0 Å². The highest BCUT2D eigenvalue weighted by Gasteiger charge is 1.76. The molecule has 2 nitrogen and oxygen atoms in total. The molecule has 0 N–H and O–H groups in total. The summed E-state index contributed by atoms with van der Waals surface area (Å²) in [6, 6.07) is 17.8. The molecule has 0 saturated carbocycles. The topological polar surface area (TPSA) is 34.1 Å². The van der Waals surface area contributed by atoms with E-state index in [4.69, 9.17) is 0 Å². The fourth-order valence-electron chi connectivity index (χ4n) is 1.28. The molecule has 0 amide bonds. The van der Waals surface area contributed by atoms with Crippen molar-refractivity contribution in [1.29, 1.82) is 0 Å². The predicted octanol–water partition coefficient (Wildman–Crippen LogP) is 2.39. The van der Waals surface area contributed by atoms with Gasteiger partial charge in [-0.05, 0) is 0 Å². The van der Waals surface area contributed by atoms with E-state index in [1.54, 1.807) is 48.5 Å². The highest BCUT2D eigenvalue weighted by Crippen LogP contribution is 2.00. The van der Waals surface area contributed by atoms with Gasteiger partial charge < -0.3 is 8.42 Å². The van der Waals surface area contributed by atoms with Gasteiger partial charge in [-0.25, -0.2) is 10.0 Å². The van der Waals surface area contributed by atoms with Crippen LogP contribution in [0.4, 0.5) is 0 Å². The van der Waals surface area contributed by atoms with Crippen LogP contribution in [0.1, 0.15) is 0 Å². The third-order valence-electron chi connectivity index (χ3n) is 2.14. The third-order valence-corrected chi connectivity index (χ3v) is 4.25. The second kappa shape index (κ2) is 6.29. The summed E-state index contributed by atoms with van der Waals surface area (Å²) >= 11 is 0. The minimum Gasteiger partial charge on any atom is -0.449 e. The molecule has 0 atom stereocenters. The summed E-state index contributed by atoms with van der Waals surface area (Å²) in [7, 11) is -2.86.